The van der Waals surface area contributed by atoms with Crippen LogP contribution in [0.2, 0.25) is 5.02 Å². The molecule has 26 heavy (non-hydrogen) atoms. The normalized spacial score (nSPS) is 11.7. The van der Waals surface area contributed by atoms with Gasteiger partial charge in [-0.3, -0.25) is 9.12 Å². The molecule has 2 heterocycles. The van der Waals surface area contributed by atoms with Gasteiger partial charge < -0.3 is 0 Å². The van der Waals surface area contributed by atoms with Crippen LogP contribution in [0.1, 0.15) is 5.56 Å². The van der Waals surface area contributed by atoms with Crippen LogP contribution in [0, 0.1) is 0 Å². The number of sulfonamides is 1. The molecule has 4 rings (SSSR count). The fourth-order valence-electron chi connectivity index (χ4n) is 2.66. The maximum Gasteiger partial charge on any atom is 0.236 e. The van der Waals surface area contributed by atoms with E-state index in [-0.39, 0.29) is 5.75 Å². The first kappa shape index (κ1) is 17.1. The van der Waals surface area contributed by atoms with E-state index < -0.39 is 10.0 Å². The molecule has 0 aliphatic rings. The minimum Gasteiger partial charge on any atom is -0.297 e. The lowest BCUT2D eigenvalue weighted by atomic mass is 10.1. The summed E-state index contributed by atoms with van der Waals surface area (Å²) in [7, 11) is -3.57. The smallest absolute Gasteiger partial charge is 0.236 e. The van der Waals surface area contributed by atoms with Crippen molar-refractivity contribution in [2.24, 2.45) is 0 Å². The van der Waals surface area contributed by atoms with Crippen LogP contribution >= 0.6 is 22.9 Å². The highest BCUT2D eigenvalue weighted by atomic mass is 35.5. The van der Waals surface area contributed by atoms with Gasteiger partial charge in [0, 0.05) is 28.4 Å². The summed E-state index contributed by atoms with van der Waals surface area (Å²) in [4.78, 5) is 5.42. The van der Waals surface area contributed by atoms with Gasteiger partial charge in [-0.25, -0.2) is 13.4 Å². The lowest BCUT2D eigenvalue weighted by Crippen LogP contribution is -2.15. The molecule has 0 radical (unpaired) electrons. The molecule has 132 valence electrons. The molecule has 0 aliphatic carbocycles. The van der Waals surface area contributed by atoms with Crippen LogP contribution < -0.4 is 4.72 Å². The third-order valence-electron chi connectivity index (χ3n) is 3.83. The molecule has 0 saturated heterocycles. The summed E-state index contributed by atoms with van der Waals surface area (Å²) in [5.41, 5.74) is 2.64. The summed E-state index contributed by atoms with van der Waals surface area (Å²) in [5, 5.41) is 2.52. The number of nitrogens with one attached hydrogen (secondary N) is 1. The third-order valence-corrected chi connectivity index (χ3v) is 6.10. The number of hydrogen-bond donors (Lipinski definition) is 1. The van der Waals surface area contributed by atoms with Crippen LogP contribution in [-0.2, 0) is 15.8 Å². The number of benzene rings is 2. The van der Waals surface area contributed by atoms with E-state index in [1.54, 1.807) is 36.4 Å². The minimum absolute atomic E-state index is 0.128. The van der Waals surface area contributed by atoms with Crippen LogP contribution in [0.4, 0.5) is 5.69 Å². The van der Waals surface area contributed by atoms with Crippen molar-refractivity contribution >= 4 is 43.6 Å². The van der Waals surface area contributed by atoms with Crippen molar-refractivity contribution in [2.75, 3.05) is 4.72 Å². The number of aromatic nitrogens is 2. The molecule has 0 fully saturated rings. The highest BCUT2D eigenvalue weighted by Gasteiger charge is 2.16. The predicted molar refractivity (Wildman–Crippen MR) is 106 cm³/mol. The average Bonchev–Trinajstić information content (AvgIpc) is 3.18. The Morgan fingerprint density at radius 3 is 2.65 bits per heavy atom. The number of nitrogens with zero attached hydrogens (tertiary/aromatic N) is 2. The predicted octanol–water partition coefficient (Wildman–Crippen LogP) is 4.66. The second kappa shape index (κ2) is 6.75. The Hall–Kier alpha value is -2.35. The van der Waals surface area contributed by atoms with Gasteiger partial charge in [-0.1, -0.05) is 41.9 Å². The van der Waals surface area contributed by atoms with Gasteiger partial charge in [-0.15, -0.1) is 11.3 Å². The van der Waals surface area contributed by atoms with Crippen LogP contribution in [0.25, 0.3) is 16.2 Å². The number of hydrogen-bond acceptors (Lipinski definition) is 4. The monoisotopic (exact) mass is 403 g/mol. The lowest BCUT2D eigenvalue weighted by molar-refractivity contribution is 0.600. The molecule has 0 bridgehead atoms. The highest BCUT2D eigenvalue weighted by Crippen LogP contribution is 2.29. The van der Waals surface area contributed by atoms with Crippen LogP contribution in [0.15, 0.2) is 66.3 Å². The van der Waals surface area contributed by atoms with Crippen LogP contribution in [-0.4, -0.2) is 17.8 Å². The van der Waals surface area contributed by atoms with E-state index in [0.29, 0.717) is 16.3 Å². The number of para-hydroxylation sites is 1. The summed E-state index contributed by atoms with van der Waals surface area (Å²) < 4.78 is 29.8. The Morgan fingerprint density at radius 2 is 1.88 bits per heavy atom. The molecule has 5 nitrogen and oxygen atoms in total. The highest BCUT2D eigenvalue weighted by molar-refractivity contribution is 7.91. The molecule has 0 amide bonds. The number of imidazole rings is 1. The van der Waals surface area contributed by atoms with Gasteiger partial charge in [-0.2, -0.15) is 0 Å². The topological polar surface area (TPSA) is 63.5 Å². The lowest BCUT2D eigenvalue weighted by Gasteiger charge is -2.11. The summed E-state index contributed by atoms with van der Waals surface area (Å²) in [5.74, 6) is -0.128. The van der Waals surface area contributed by atoms with Gasteiger partial charge >= 0.3 is 0 Å². The fourth-order valence-corrected chi connectivity index (χ4v) is 4.70. The molecule has 0 atom stereocenters. The van der Waals surface area contributed by atoms with Crippen LogP contribution in [0.5, 0.6) is 0 Å². The van der Waals surface area contributed by atoms with Crippen molar-refractivity contribution in [1.82, 2.24) is 9.38 Å². The van der Waals surface area contributed by atoms with Crippen molar-refractivity contribution in [2.45, 2.75) is 5.75 Å². The van der Waals surface area contributed by atoms with E-state index in [1.807, 2.05) is 34.3 Å². The summed E-state index contributed by atoms with van der Waals surface area (Å²) in [6, 6.07) is 14.0. The molecule has 2 aromatic heterocycles. The molecule has 4 aromatic rings. The third kappa shape index (κ3) is 3.60. The molecule has 2 aromatic carbocycles. The quantitative estimate of drug-likeness (QED) is 0.527. The molecular weight excluding hydrogens is 390 g/mol. The zero-order valence-electron chi connectivity index (χ0n) is 13.5. The van der Waals surface area contributed by atoms with Crippen molar-refractivity contribution in [3.8, 4) is 11.3 Å². The Labute approximate surface area is 160 Å². The Morgan fingerprint density at radius 1 is 1.12 bits per heavy atom. The van der Waals surface area contributed by atoms with Gasteiger partial charge in [0.1, 0.15) is 0 Å². The second-order valence-corrected chi connectivity index (χ2v) is 8.78. The number of fused-ring (bicyclic) bond motifs is 1. The van der Waals surface area contributed by atoms with Gasteiger partial charge in [0.2, 0.25) is 10.0 Å². The van der Waals surface area contributed by atoms with E-state index in [4.69, 9.17) is 11.6 Å². The van der Waals surface area contributed by atoms with Gasteiger partial charge in [0.15, 0.2) is 4.96 Å². The van der Waals surface area contributed by atoms with Gasteiger partial charge in [0.05, 0.1) is 17.1 Å². The Kier molecular flexibility index (Phi) is 4.44. The first-order valence-electron chi connectivity index (χ1n) is 7.77. The molecule has 8 heteroatoms. The fraction of sp³-hybridized carbons (Fsp3) is 0.0556. The number of thiazole rings is 1. The van der Waals surface area contributed by atoms with Crippen molar-refractivity contribution in [3.63, 3.8) is 0 Å². The standard InChI is InChI=1S/C18H14ClN3O2S2/c19-14-7-5-13(6-8-14)12-26(23,24)21-16-4-2-1-3-15(16)17-11-22-9-10-25-18(22)20-17/h1-11,21H,12H2. The van der Waals surface area contributed by atoms with E-state index in [9.17, 15) is 8.42 Å². The SMILES string of the molecule is O=S(=O)(Cc1ccc(Cl)cc1)Nc1ccccc1-c1cn2ccsc2n1. The summed E-state index contributed by atoms with van der Waals surface area (Å²) in [6.45, 7) is 0. The number of halogens is 1. The average molecular weight is 404 g/mol. The van der Waals surface area contributed by atoms with Crippen molar-refractivity contribution in [3.05, 3.63) is 76.9 Å². The number of rotatable bonds is 5. The largest absolute Gasteiger partial charge is 0.297 e. The molecular formula is C18H14ClN3O2S2. The minimum atomic E-state index is -3.57. The Balaban J connectivity index is 1.63. The number of anilines is 1. The molecule has 0 aliphatic heterocycles. The molecule has 1 N–H and O–H groups in total. The molecule has 0 spiro atoms. The molecule has 0 unspecified atom stereocenters. The second-order valence-electron chi connectivity index (χ2n) is 5.75. The van der Waals surface area contributed by atoms with Gasteiger partial charge in [-0.05, 0) is 23.8 Å². The van der Waals surface area contributed by atoms with E-state index in [1.165, 1.54) is 11.3 Å². The zero-order valence-corrected chi connectivity index (χ0v) is 15.9. The first-order chi connectivity index (χ1) is 12.5. The van der Waals surface area contributed by atoms with Crippen molar-refractivity contribution in [1.29, 1.82) is 0 Å². The zero-order chi connectivity index (χ0) is 18.1. The van der Waals surface area contributed by atoms with Gasteiger partial charge in [0.25, 0.3) is 0 Å². The van der Waals surface area contributed by atoms with Crippen molar-refractivity contribution < 1.29 is 8.42 Å². The maximum atomic E-state index is 12.6. The maximum absolute atomic E-state index is 12.6. The first-order valence-corrected chi connectivity index (χ1v) is 10.7. The van der Waals surface area contributed by atoms with Crippen LogP contribution in [0.3, 0.4) is 0 Å². The van der Waals surface area contributed by atoms with E-state index in [0.717, 1.165) is 16.2 Å². The summed E-state index contributed by atoms with van der Waals surface area (Å²) >= 11 is 7.38. The van der Waals surface area contributed by atoms with E-state index in [2.05, 4.69) is 9.71 Å². The Bertz CT molecular complexity index is 1140. The van der Waals surface area contributed by atoms with E-state index >= 15 is 0 Å². The summed E-state index contributed by atoms with van der Waals surface area (Å²) in [6.07, 6.45) is 3.81. The molecule has 0 saturated carbocycles.